The lowest BCUT2D eigenvalue weighted by Crippen LogP contribution is -2.48. The summed E-state index contributed by atoms with van der Waals surface area (Å²) < 4.78 is 39.9. The first-order valence-electron chi connectivity index (χ1n) is 11.1. The molecule has 1 unspecified atom stereocenters. The van der Waals surface area contributed by atoms with Crippen molar-refractivity contribution >= 4 is 49.2 Å². The molecule has 1 aromatic heterocycles. The number of carbonyl (C=O) groups excluding carboxylic acids is 1. The maximum atomic E-state index is 13.4. The summed E-state index contributed by atoms with van der Waals surface area (Å²) in [7, 11) is -3.90. The number of sulfonamides is 1. The van der Waals surface area contributed by atoms with Crippen LogP contribution < -0.4 is 14.4 Å². The largest absolute Gasteiger partial charge is 0.476 e. The second kappa shape index (κ2) is 8.18. The predicted octanol–water partition coefficient (Wildman–Crippen LogP) is 5.18. The highest BCUT2D eigenvalue weighted by atomic mass is 32.2. The highest BCUT2D eigenvalue weighted by molar-refractivity contribution is 7.92. The molecule has 6 rings (SSSR count). The molecule has 2 heterocycles. The lowest BCUT2D eigenvalue weighted by molar-refractivity contribution is -0.122. The molecule has 4 aromatic carbocycles. The van der Waals surface area contributed by atoms with Gasteiger partial charge in [0.25, 0.3) is 15.9 Å². The molecule has 1 amide bonds. The molecule has 1 atom stereocenters. The maximum Gasteiger partial charge on any atom is 0.267 e. The van der Waals surface area contributed by atoms with E-state index >= 15 is 0 Å². The fourth-order valence-corrected chi connectivity index (χ4v) is 5.81. The van der Waals surface area contributed by atoms with E-state index in [0.717, 1.165) is 16.4 Å². The van der Waals surface area contributed by atoms with Crippen molar-refractivity contribution in [2.45, 2.75) is 11.0 Å². The maximum absolute atomic E-state index is 13.4. The van der Waals surface area contributed by atoms with E-state index < -0.39 is 22.0 Å². The standard InChI is InChI=1S/C27H20N2O5S/c30-27(28-18-14-15-21-20-10-4-6-12-23(20)33-25(21)16-18)26-17-29(22-11-5-7-13-24(22)34-26)35(31,32)19-8-2-1-3-9-19/h1-16,26H,17H2,(H,28,30). The van der Waals surface area contributed by atoms with Crippen molar-refractivity contribution in [3.05, 3.63) is 97.1 Å². The molecular formula is C27H20N2O5S. The molecular weight excluding hydrogens is 464 g/mol. The van der Waals surface area contributed by atoms with Crippen molar-refractivity contribution < 1.29 is 22.4 Å². The van der Waals surface area contributed by atoms with Crippen molar-refractivity contribution in [3.8, 4) is 5.75 Å². The Morgan fingerprint density at radius 3 is 2.40 bits per heavy atom. The molecule has 8 heteroatoms. The van der Waals surface area contributed by atoms with E-state index in [-0.39, 0.29) is 11.4 Å². The zero-order valence-corrected chi connectivity index (χ0v) is 19.2. The van der Waals surface area contributed by atoms with Crippen LogP contribution in [0.4, 0.5) is 11.4 Å². The average molecular weight is 485 g/mol. The number of ether oxygens (including phenoxy) is 1. The van der Waals surface area contributed by atoms with Gasteiger partial charge in [0.1, 0.15) is 16.9 Å². The number of benzene rings is 4. The Bertz CT molecular complexity index is 1680. The van der Waals surface area contributed by atoms with Crippen molar-refractivity contribution in [1.29, 1.82) is 0 Å². The summed E-state index contributed by atoms with van der Waals surface area (Å²) in [5, 5.41) is 4.79. The molecule has 7 nitrogen and oxygen atoms in total. The van der Waals surface area contributed by atoms with Crippen molar-refractivity contribution in [3.63, 3.8) is 0 Å². The van der Waals surface area contributed by atoms with Gasteiger partial charge in [-0.25, -0.2) is 8.42 Å². The van der Waals surface area contributed by atoms with E-state index in [4.69, 9.17) is 9.15 Å². The van der Waals surface area contributed by atoms with E-state index in [1.807, 2.05) is 30.3 Å². The third-order valence-corrected chi connectivity index (χ3v) is 7.80. The lowest BCUT2D eigenvalue weighted by atomic mass is 10.1. The summed E-state index contributed by atoms with van der Waals surface area (Å²) in [6.45, 7) is -0.160. The van der Waals surface area contributed by atoms with Crippen LogP contribution in [0.15, 0.2) is 106 Å². The number of nitrogens with zero attached hydrogens (tertiary/aromatic N) is 1. The summed E-state index contributed by atoms with van der Waals surface area (Å²) >= 11 is 0. The van der Waals surface area contributed by atoms with Gasteiger partial charge in [-0.3, -0.25) is 9.10 Å². The summed E-state index contributed by atoms with van der Waals surface area (Å²) in [6, 6.07) is 28.1. The number of para-hydroxylation sites is 3. The molecule has 0 fully saturated rings. The van der Waals surface area contributed by atoms with E-state index in [0.29, 0.717) is 22.7 Å². The zero-order valence-electron chi connectivity index (χ0n) is 18.4. The first-order chi connectivity index (χ1) is 17.0. The van der Waals surface area contributed by atoms with Crippen LogP contribution in [0.2, 0.25) is 0 Å². The van der Waals surface area contributed by atoms with Gasteiger partial charge < -0.3 is 14.5 Å². The fourth-order valence-electron chi connectivity index (χ4n) is 4.31. The van der Waals surface area contributed by atoms with Gasteiger partial charge in [-0.15, -0.1) is 0 Å². The third-order valence-electron chi connectivity index (χ3n) is 6.00. The summed E-state index contributed by atoms with van der Waals surface area (Å²) in [4.78, 5) is 13.4. The molecule has 1 N–H and O–H groups in total. The van der Waals surface area contributed by atoms with Gasteiger partial charge >= 0.3 is 0 Å². The van der Waals surface area contributed by atoms with Gasteiger partial charge in [0.15, 0.2) is 6.10 Å². The van der Waals surface area contributed by atoms with E-state index in [2.05, 4.69) is 5.32 Å². The number of rotatable bonds is 4. The third kappa shape index (κ3) is 3.68. The number of furan rings is 1. The summed E-state index contributed by atoms with van der Waals surface area (Å²) in [5.41, 5.74) is 2.33. The minimum Gasteiger partial charge on any atom is -0.476 e. The lowest BCUT2D eigenvalue weighted by Gasteiger charge is -2.34. The number of carbonyl (C=O) groups is 1. The normalized spacial score (nSPS) is 15.5. The average Bonchev–Trinajstić information content (AvgIpc) is 3.26. The number of hydrogen-bond donors (Lipinski definition) is 1. The number of amides is 1. The van der Waals surface area contributed by atoms with Gasteiger partial charge in [-0.05, 0) is 42.5 Å². The first-order valence-corrected chi connectivity index (χ1v) is 12.5. The number of anilines is 2. The van der Waals surface area contributed by atoms with Crippen LogP contribution in [0, 0.1) is 0 Å². The summed E-state index contributed by atoms with van der Waals surface area (Å²) in [6.07, 6.45) is -1.05. The van der Waals surface area contributed by atoms with Crippen LogP contribution >= 0.6 is 0 Å². The van der Waals surface area contributed by atoms with Gasteiger partial charge in [0.2, 0.25) is 0 Å². The Hall–Kier alpha value is -4.30. The topological polar surface area (TPSA) is 88.9 Å². The highest BCUT2D eigenvalue weighted by Gasteiger charge is 2.37. The van der Waals surface area contributed by atoms with Gasteiger partial charge in [0, 0.05) is 22.5 Å². The van der Waals surface area contributed by atoms with Crippen LogP contribution in [-0.2, 0) is 14.8 Å². The van der Waals surface area contributed by atoms with Crippen LogP contribution in [0.25, 0.3) is 21.9 Å². The first kappa shape index (κ1) is 21.2. The van der Waals surface area contributed by atoms with Crippen LogP contribution in [0.3, 0.4) is 0 Å². The number of hydrogen-bond acceptors (Lipinski definition) is 5. The van der Waals surface area contributed by atoms with Gasteiger partial charge in [0.05, 0.1) is 17.1 Å². The summed E-state index contributed by atoms with van der Waals surface area (Å²) in [5.74, 6) is -0.130. The molecule has 0 aliphatic carbocycles. The molecule has 0 saturated carbocycles. The van der Waals surface area contributed by atoms with E-state index in [1.54, 1.807) is 54.6 Å². The molecule has 0 bridgehead atoms. The second-order valence-electron chi connectivity index (χ2n) is 8.22. The van der Waals surface area contributed by atoms with E-state index in [9.17, 15) is 13.2 Å². The smallest absolute Gasteiger partial charge is 0.267 e. The van der Waals surface area contributed by atoms with Gasteiger partial charge in [-0.1, -0.05) is 48.5 Å². The zero-order chi connectivity index (χ0) is 24.0. The van der Waals surface area contributed by atoms with E-state index in [1.165, 1.54) is 16.4 Å². The minimum atomic E-state index is -3.90. The molecule has 5 aromatic rings. The van der Waals surface area contributed by atoms with Crippen LogP contribution in [0.5, 0.6) is 5.75 Å². The molecule has 1 aliphatic heterocycles. The Morgan fingerprint density at radius 1 is 0.829 bits per heavy atom. The predicted molar refractivity (Wildman–Crippen MR) is 134 cm³/mol. The van der Waals surface area contributed by atoms with Crippen molar-refractivity contribution in [2.75, 3.05) is 16.2 Å². The van der Waals surface area contributed by atoms with Crippen molar-refractivity contribution in [1.82, 2.24) is 0 Å². The molecule has 0 spiro atoms. The number of nitrogens with one attached hydrogen (secondary N) is 1. The number of fused-ring (bicyclic) bond motifs is 4. The van der Waals surface area contributed by atoms with Crippen LogP contribution in [-0.4, -0.2) is 27.0 Å². The quantitative estimate of drug-likeness (QED) is 0.380. The molecule has 0 saturated heterocycles. The molecule has 35 heavy (non-hydrogen) atoms. The molecule has 174 valence electrons. The van der Waals surface area contributed by atoms with Gasteiger partial charge in [-0.2, -0.15) is 0 Å². The monoisotopic (exact) mass is 484 g/mol. The SMILES string of the molecule is O=C(Nc1ccc2c(c1)oc1ccccc12)C1CN(S(=O)(=O)c2ccccc2)c2ccccc2O1. The Balaban J connectivity index is 1.31. The second-order valence-corrected chi connectivity index (χ2v) is 10.1. The fraction of sp³-hybridized carbons (Fsp3) is 0.0741. The highest BCUT2D eigenvalue weighted by Crippen LogP contribution is 2.37. The minimum absolute atomic E-state index is 0.145. The molecule has 1 aliphatic rings. The Kier molecular flexibility index (Phi) is 4.96. The van der Waals surface area contributed by atoms with Crippen molar-refractivity contribution in [2.24, 2.45) is 0 Å². The van der Waals surface area contributed by atoms with Crippen LogP contribution in [0.1, 0.15) is 0 Å². The molecule has 0 radical (unpaired) electrons. The Morgan fingerprint density at radius 2 is 1.54 bits per heavy atom. The Labute approximate surface area is 201 Å².